The Morgan fingerprint density at radius 1 is 1.21 bits per heavy atom. The van der Waals surface area contributed by atoms with E-state index in [1.165, 1.54) is 0 Å². The lowest BCUT2D eigenvalue weighted by Crippen LogP contribution is -2.40. The van der Waals surface area contributed by atoms with Crippen LogP contribution < -0.4 is 15.2 Å². The quantitative estimate of drug-likeness (QED) is 0.833. The van der Waals surface area contributed by atoms with Crippen LogP contribution in [0.25, 0.3) is 0 Å². The number of benzene rings is 1. The van der Waals surface area contributed by atoms with Crippen LogP contribution in [0.2, 0.25) is 0 Å². The van der Waals surface area contributed by atoms with Crippen molar-refractivity contribution in [2.24, 2.45) is 17.6 Å². The van der Waals surface area contributed by atoms with Crippen molar-refractivity contribution in [1.29, 1.82) is 0 Å². The summed E-state index contributed by atoms with van der Waals surface area (Å²) in [6.45, 7) is 1.19. The summed E-state index contributed by atoms with van der Waals surface area (Å²) in [4.78, 5) is 15.2. The summed E-state index contributed by atoms with van der Waals surface area (Å²) in [5.74, 6) is 2.29. The Kier molecular flexibility index (Phi) is 5.29. The maximum Gasteiger partial charge on any atom is 0.226 e. The van der Waals surface area contributed by atoms with E-state index in [0.29, 0.717) is 25.0 Å². The van der Waals surface area contributed by atoms with Crippen LogP contribution in [0.1, 0.15) is 37.7 Å². The zero-order chi connectivity index (χ0) is 17.1. The molecule has 2 N–H and O–H groups in total. The fourth-order valence-corrected chi connectivity index (χ4v) is 3.82. The molecule has 0 aliphatic heterocycles. The molecule has 1 aromatic carbocycles. The topological polar surface area (TPSA) is 64.8 Å². The third-order valence-corrected chi connectivity index (χ3v) is 5.38. The Morgan fingerprint density at radius 2 is 2.00 bits per heavy atom. The maximum atomic E-state index is 13.2. The molecule has 0 bridgehead atoms. The fraction of sp³-hybridized carbons (Fsp3) is 0.632. The van der Waals surface area contributed by atoms with Crippen LogP contribution >= 0.6 is 0 Å². The Balaban J connectivity index is 1.81. The summed E-state index contributed by atoms with van der Waals surface area (Å²) >= 11 is 0. The Bertz CT molecular complexity index is 586. The number of carbonyl (C=O) groups is 1. The van der Waals surface area contributed by atoms with E-state index in [-0.39, 0.29) is 11.8 Å². The molecule has 0 spiro atoms. The highest BCUT2D eigenvalue weighted by molar-refractivity contribution is 5.80. The van der Waals surface area contributed by atoms with Crippen molar-refractivity contribution >= 4 is 5.91 Å². The van der Waals surface area contributed by atoms with E-state index >= 15 is 0 Å². The van der Waals surface area contributed by atoms with Gasteiger partial charge in [-0.05, 0) is 56.3 Å². The molecular formula is C19H28N2O3. The molecule has 0 unspecified atom stereocenters. The second kappa shape index (κ2) is 7.43. The van der Waals surface area contributed by atoms with E-state index in [1.807, 2.05) is 18.2 Å². The molecule has 0 aromatic heterocycles. The first kappa shape index (κ1) is 17.1. The Hall–Kier alpha value is -1.75. The largest absolute Gasteiger partial charge is 0.497 e. The Labute approximate surface area is 144 Å². The van der Waals surface area contributed by atoms with Crippen molar-refractivity contribution in [3.05, 3.63) is 23.8 Å². The zero-order valence-corrected chi connectivity index (χ0v) is 14.7. The van der Waals surface area contributed by atoms with Gasteiger partial charge < -0.3 is 20.1 Å². The van der Waals surface area contributed by atoms with Gasteiger partial charge in [-0.25, -0.2) is 0 Å². The van der Waals surface area contributed by atoms with Gasteiger partial charge in [-0.3, -0.25) is 4.79 Å². The van der Waals surface area contributed by atoms with Crippen molar-refractivity contribution < 1.29 is 14.3 Å². The molecule has 2 saturated carbocycles. The van der Waals surface area contributed by atoms with E-state index in [1.54, 1.807) is 14.2 Å². The van der Waals surface area contributed by atoms with Crippen molar-refractivity contribution in [1.82, 2.24) is 4.90 Å². The van der Waals surface area contributed by atoms with E-state index in [9.17, 15) is 4.79 Å². The van der Waals surface area contributed by atoms with Crippen molar-refractivity contribution in [3.63, 3.8) is 0 Å². The van der Waals surface area contributed by atoms with Gasteiger partial charge in [-0.15, -0.1) is 0 Å². The molecular weight excluding hydrogens is 304 g/mol. The van der Waals surface area contributed by atoms with Crippen LogP contribution in [0.5, 0.6) is 11.5 Å². The van der Waals surface area contributed by atoms with Gasteiger partial charge in [0.1, 0.15) is 11.5 Å². The van der Waals surface area contributed by atoms with Crippen LogP contribution in [0.4, 0.5) is 0 Å². The van der Waals surface area contributed by atoms with E-state index < -0.39 is 0 Å². The first-order chi connectivity index (χ1) is 11.7. The summed E-state index contributed by atoms with van der Waals surface area (Å²) in [6, 6.07) is 6.12. The van der Waals surface area contributed by atoms with Crippen LogP contribution in [0.15, 0.2) is 18.2 Å². The smallest absolute Gasteiger partial charge is 0.226 e. The highest BCUT2D eigenvalue weighted by Gasteiger charge is 2.40. The molecule has 0 heterocycles. The zero-order valence-electron chi connectivity index (χ0n) is 14.7. The molecule has 1 aromatic rings. The third-order valence-electron chi connectivity index (χ3n) is 5.38. The minimum absolute atomic E-state index is 0.0900. The number of rotatable bonds is 7. The molecule has 132 valence electrons. The summed E-state index contributed by atoms with van der Waals surface area (Å²) in [7, 11) is 3.32. The monoisotopic (exact) mass is 332 g/mol. The molecule has 2 aliphatic carbocycles. The minimum atomic E-state index is 0.0900. The molecule has 5 nitrogen and oxygen atoms in total. The Morgan fingerprint density at radius 3 is 2.62 bits per heavy atom. The van der Waals surface area contributed by atoms with Crippen LogP contribution in [-0.2, 0) is 11.3 Å². The fourth-order valence-electron chi connectivity index (χ4n) is 3.82. The number of amides is 1. The molecule has 2 fully saturated rings. The van der Waals surface area contributed by atoms with Crippen LogP contribution in [-0.4, -0.2) is 37.6 Å². The first-order valence-electron chi connectivity index (χ1n) is 8.89. The number of ether oxygens (including phenoxy) is 2. The van der Waals surface area contributed by atoms with Crippen LogP contribution in [0.3, 0.4) is 0 Å². The molecule has 1 amide bonds. The molecule has 3 rings (SSSR count). The van der Waals surface area contributed by atoms with Gasteiger partial charge in [0.2, 0.25) is 5.91 Å². The second-order valence-electron chi connectivity index (χ2n) is 6.91. The number of carbonyl (C=O) groups excluding carboxylic acids is 1. The minimum Gasteiger partial charge on any atom is -0.497 e. The predicted octanol–water partition coefficient (Wildman–Crippen LogP) is 2.57. The van der Waals surface area contributed by atoms with E-state index in [0.717, 1.165) is 49.2 Å². The molecule has 2 atom stereocenters. The van der Waals surface area contributed by atoms with Crippen LogP contribution in [0, 0.1) is 11.8 Å². The number of nitrogens with zero attached hydrogens (tertiary/aromatic N) is 1. The number of hydrogen-bond donors (Lipinski definition) is 1. The summed E-state index contributed by atoms with van der Waals surface area (Å²) in [5.41, 5.74) is 6.88. The van der Waals surface area contributed by atoms with Gasteiger partial charge in [0.25, 0.3) is 0 Å². The van der Waals surface area contributed by atoms with Gasteiger partial charge in [-0.2, -0.15) is 0 Å². The lowest BCUT2D eigenvalue weighted by molar-refractivity contribution is -0.137. The lowest BCUT2D eigenvalue weighted by Gasteiger charge is -2.29. The average molecular weight is 332 g/mol. The second-order valence-corrected chi connectivity index (χ2v) is 6.91. The first-order valence-corrected chi connectivity index (χ1v) is 8.89. The number of nitrogens with two attached hydrogens (primary N) is 1. The highest BCUT2D eigenvalue weighted by atomic mass is 16.5. The maximum absolute atomic E-state index is 13.2. The lowest BCUT2D eigenvalue weighted by atomic mass is 9.94. The predicted molar refractivity (Wildman–Crippen MR) is 93.0 cm³/mol. The van der Waals surface area contributed by atoms with E-state index in [4.69, 9.17) is 15.2 Å². The normalized spacial score (nSPS) is 23.1. The van der Waals surface area contributed by atoms with Crippen molar-refractivity contribution in [3.8, 4) is 11.5 Å². The van der Waals surface area contributed by atoms with Crippen molar-refractivity contribution in [2.45, 2.75) is 44.7 Å². The molecule has 5 heteroatoms. The number of methoxy groups -OCH3 is 2. The van der Waals surface area contributed by atoms with Gasteiger partial charge >= 0.3 is 0 Å². The molecule has 2 aliphatic rings. The highest BCUT2D eigenvalue weighted by Crippen LogP contribution is 2.38. The molecule has 24 heavy (non-hydrogen) atoms. The van der Waals surface area contributed by atoms with Gasteiger partial charge in [0, 0.05) is 24.1 Å². The van der Waals surface area contributed by atoms with Gasteiger partial charge in [0.15, 0.2) is 0 Å². The summed E-state index contributed by atoms with van der Waals surface area (Å²) in [6.07, 6.45) is 5.35. The SMILES string of the molecule is COc1ccc(OC)c(CN(C(=O)[C@@H]2CCC[C@@H]2CN)C2CC2)c1. The summed E-state index contributed by atoms with van der Waals surface area (Å²) < 4.78 is 10.8. The average Bonchev–Trinajstić information content (AvgIpc) is 3.34. The molecule has 0 radical (unpaired) electrons. The number of hydrogen-bond acceptors (Lipinski definition) is 4. The molecule has 0 saturated heterocycles. The van der Waals surface area contributed by atoms with Gasteiger partial charge in [0.05, 0.1) is 14.2 Å². The summed E-state index contributed by atoms with van der Waals surface area (Å²) in [5, 5.41) is 0. The van der Waals surface area contributed by atoms with E-state index in [2.05, 4.69) is 4.90 Å². The standard InChI is InChI=1S/C19H28N2O3/c1-23-16-8-9-18(24-2)14(10-16)12-21(15-6-7-15)19(22)17-5-3-4-13(17)11-20/h8-10,13,15,17H,3-7,11-12,20H2,1-2H3/t13-,17-/m1/s1. The third kappa shape index (κ3) is 3.51. The van der Waals surface area contributed by atoms with Crippen molar-refractivity contribution in [2.75, 3.05) is 20.8 Å². The van der Waals surface area contributed by atoms with Gasteiger partial charge in [-0.1, -0.05) is 6.42 Å².